The first-order valence-electron chi connectivity index (χ1n) is 8.16. The molecule has 0 aliphatic heterocycles. The van der Waals surface area contributed by atoms with Crippen molar-refractivity contribution in [2.24, 2.45) is 7.05 Å². The zero-order valence-electron chi connectivity index (χ0n) is 14.4. The highest BCUT2D eigenvalue weighted by molar-refractivity contribution is 5.81. The van der Waals surface area contributed by atoms with Crippen LogP contribution in [0.5, 0.6) is 5.75 Å². The fraction of sp³-hybridized carbons (Fsp3) is 0.100. The molecule has 0 spiro atoms. The van der Waals surface area contributed by atoms with Crippen molar-refractivity contribution in [1.29, 1.82) is 0 Å². The number of phenolic OH excluding ortho intramolecular Hbond substituents is 1. The number of halogens is 1. The van der Waals surface area contributed by atoms with Crippen molar-refractivity contribution >= 4 is 22.7 Å². The maximum absolute atomic E-state index is 13.5. The molecule has 0 atom stereocenters. The smallest absolute Gasteiger partial charge is 0.213 e. The second-order valence-electron chi connectivity index (χ2n) is 6.19. The number of aromatic hydroxyl groups is 1. The number of rotatable bonds is 3. The summed E-state index contributed by atoms with van der Waals surface area (Å²) in [6.07, 6.45) is 1.46. The van der Waals surface area contributed by atoms with Gasteiger partial charge in [-0.3, -0.25) is 0 Å². The molecular formula is C20H17FN4O. The molecule has 4 rings (SSSR count). The number of nitrogens with one attached hydrogen (secondary N) is 1. The fourth-order valence-corrected chi connectivity index (χ4v) is 3.01. The zero-order chi connectivity index (χ0) is 18.3. The number of aryl methyl sites for hydroxylation is 2. The number of anilines is 2. The second-order valence-corrected chi connectivity index (χ2v) is 6.19. The van der Waals surface area contributed by atoms with E-state index in [1.807, 2.05) is 42.8 Å². The predicted molar refractivity (Wildman–Crippen MR) is 100 cm³/mol. The van der Waals surface area contributed by atoms with Gasteiger partial charge in [0, 0.05) is 31.1 Å². The summed E-state index contributed by atoms with van der Waals surface area (Å²) in [6, 6.07) is 14.2. The molecule has 0 bridgehead atoms. The average molecular weight is 348 g/mol. The highest BCUT2D eigenvalue weighted by Crippen LogP contribution is 2.29. The fourth-order valence-electron chi connectivity index (χ4n) is 3.01. The number of imidazole rings is 1. The molecule has 0 saturated heterocycles. The Balaban J connectivity index is 1.73. The molecule has 0 unspecified atom stereocenters. The van der Waals surface area contributed by atoms with Gasteiger partial charge in [0.05, 0.1) is 11.0 Å². The summed E-state index contributed by atoms with van der Waals surface area (Å²) in [4.78, 5) is 8.14. The molecule has 2 N–H and O–H groups in total. The Morgan fingerprint density at radius 2 is 1.92 bits per heavy atom. The van der Waals surface area contributed by atoms with E-state index in [-0.39, 0.29) is 5.75 Å². The minimum absolute atomic E-state index is 0.180. The highest BCUT2D eigenvalue weighted by atomic mass is 19.1. The minimum atomic E-state index is -0.504. The van der Waals surface area contributed by atoms with Crippen molar-refractivity contribution in [3.63, 3.8) is 0 Å². The van der Waals surface area contributed by atoms with E-state index in [9.17, 15) is 9.50 Å². The standard InChI is InChI=1S/C20H17FN4O/c1-12-3-4-14(10-16(12)13-7-8-22-19(21)9-13)23-20-24-17-11-15(26)5-6-18(17)25(20)2/h3-11,26H,1-2H3,(H,23,24). The van der Waals surface area contributed by atoms with Crippen molar-refractivity contribution in [3.8, 4) is 16.9 Å². The van der Waals surface area contributed by atoms with Crippen LogP contribution in [-0.2, 0) is 7.05 Å². The van der Waals surface area contributed by atoms with Gasteiger partial charge in [0.15, 0.2) is 0 Å². The Labute approximate surface area is 149 Å². The SMILES string of the molecule is Cc1ccc(Nc2nc3cc(O)ccc3n2C)cc1-c1ccnc(F)c1. The number of pyridine rings is 1. The largest absolute Gasteiger partial charge is 0.508 e. The first-order valence-corrected chi connectivity index (χ1v) is 8.16. The van der Waals surface area contributed by atoms with E-state index in [1.54, 1.807) is 18.2 Å². The van der Waals surface area contributed by atoms with Crippen LogP contribution in [0.25, 0.3) is 22.2 Å². The van der Waals surface area contributed by atoms with Crippen molar-refractivity contribution in [3.05, 3.63) is 66.2 Å². The number of aromatic nitrogens is 3. The van der Waals surface area contributed by atoms with Crippen LogP contribution in [0, 0.1) is 12.9 Å². The van der Waals surface area contributed by atoms with Crippen LogP contribution in [0.2, 0.25) is 0 Å². The first kappa shape index (κ1) is 16.1. The third-order valence-electron chi connectivity index (χ3n) is 4.40. The van der Waals surface area contributed by atoms with Crippen molar-refractivity contribution < 1.29 is 9.50 Å². The lowest BCUT2D eigenvalue weighted by Gasteiger charge is -2.11. The normalized spacial score (nSPS) is 11.0. The summed E-state index contributed by atoms with van der Waals surface area (Å²) in [5.41, 5.74) is 5.19. The van der Waals surface area contributed by atoms with Crippen LogP contribution in [0.3, 0.4) is 0 Å². The maximum atomic E-state index is 13.5. The van der Waals surface area contributed by atoms with Crippen molar-refractivity contribution in [2.75, 3.05) is 5.32 Å². The maximum Gasteiger partial charge on any atom is 0.213 e. The molecule has 0 amide bonds. The average Bonchev–Trinajstić information content (AvgIpc) is 2.91. The molecule has 5 nitrogen and oxygen atoms in total. The molecular weight excluding hydrogens is 331 g/mol. The monoisotopic (exact) mass is 348 g/mol. The predicted octanol–water partition coefficient (Wildman–Crippen LogP) is 4.53. The molecule has 0 radical (unpaired) electrons. The molecule has 130 valence electrons. The topological polar surface area (TPSA) is 63.0 Å². The third-order valence-corrected chi connectivity index (χ3v) is 4.40. The van der Waals surface area contributed by atoms with E-state index >= 15 is 0 Å². The van der Waals surface area contributed by atoms with Gasteiger partial charge in [-0.05, 0) is 53.9 Å². The van der Waals surface area contributed by atoms with E-state index in [1.165, 1.54) is 12.3 Å². The van der Waals surface area contributed by atoms with Gasteiger partial charge in [0.2, 0.25) is 11.9 Å². The van der Waals surface area contributed by atoms with E-state index in [2.05, 4.69) is 15.3 Å². The molecule has 0 aliphatic carbocycles. The molecule has 4 aromatic rings. The van der Waals surface area contributed by atoms with Crippen LogP contribution >= 0.6 is 0 Å². The summed E-state index contributed by atoms with van der Waals surface area (Å²) < 4.78 is 15.4. The minimum Gasteiger partial charge on any atom is -0.508 e. The van der Waals surface area contributed by atoms with Crippen LogP contribution < -0.4 is 5.32 Å². The van der Waals surface area contributed by atoms with Crippen LogP contribution in [0.15, 0.2) is 54.7 Å². The third kappa shape index (κ3) is 2.86. The van der Waals surface area contributed by atoms with Crippen LogP contribution in [0.1, 0.15) is 5.56 Å². The van der Waals surface area contributed by atoms with E-state index in [4.69, 9.17) is 0 Å². The quantitative estimate of drug-likeness (QED) is 0.534. The van der Waals surface area contributed by atoms with E-state index in [0.29, 0.717) is 11.5 Å². The summed E-state index contributed by atoms with van der Waals surface area (Å²) in [5.74, 6) is 0.330. The summed E-state index contributed by atoms with van der Waals surface area (Å²) in [5, 5.41) is 12.9. The van der Waals surface area contributed by atoms with Gasteiger partial charge in [-0.15, -0.1) is 0 Å². The molecule has 0 fully saturated rings. The molecule has 2 heterocycles. The lowest BCUT2D eigenvalue weighted by atomic mass is 10.0. The van der Waals surface area contributed by atoms with Crippen LogP contribution in [-0.4, -0.2) is 19.6 Å². The molecule has 0 aliphatic rings. The zero-order valence-corrected chi connectivity index (χ0v) is 14.4. The summed E-state index contributed by atoms with van der Waals surface area (Å²) in [7, 11) is 1.90. The number of benzene rings is 2. The van der Waals surface area contributed by atoms with Crippen LogP contribution in [0.4, 0.5) is 16.0 Å². The number of hydrogen-bond donors (Lipinski definition) is 2. The number of phenols is 1. The molecule has 0 saturated carbocycles. The number of hydrogen-bond acceptors (Lipinski definition) is 4. The van der Waals surface area contributed by atoms with Gasteiger partial charge in [0.1, 0.15) is 5.75 Å². The molecule has 2 aromatic carbocycles. The van der Waals surface area contributed by atoms with Gasteiger partial charge in [-0.25, -0.2) is 9.97 Å². The Morgan fingerprint density at radius 3 is 2.73 bits per heavy atom. The summed E-state index contributed by atoms with van der Waals surface area (Å²) >= 11 is 0. The Morgan fingerprint density at radius 1 is 1.08 bits per heavy atom. The van der Waals surface area contributed by atoms with Gasteiger partial charge in [0.25, 0.3) is 0 Å². The Bertz CT molecular complexity index is 1120. The Hall–Kier alpha value is -3.41. The Kier molecular flexibility index (Phi) is 3.80. The van der Waals surface area contributed by atoms with E-state index < -0.39 is 5.95 Å². The van der Waals surface area contributed by atoms with Crippen molar-refractivity contribution in [1.82, 2.24) is 14.5 Å². The lowest BCUT2D eigenvalue weighted by Crippen LogP contribution is -1.99. The highest BCUT2D eigenvalue weighted by Gasteiger charge is 2.10. The van der Waals surface area contributed by atoms with Gasteiger partial charge >= 0.3 is 0 Å². The van der Waals surface area contributed by atoms with Gasteiger partial charge < -0.3 is 15.0 Å². The van der Waals surface area contributed by atoms with Gasteiger partial charge in [-0.1, -0.05) is 6.07 Å². The number of nitrogens with zero attached hydrogens (tertiary/aromatic N) is 3. The first-order chi connectivity index (χ1) is 12.5. The summed E-state index contributed by atoms with van der Waals surface area (Å²) in [6.45, 7) is 1.98. The van der Waals surface area contributed by atoms with Crippen molar-refractivity contribution in [2.45, 2.75) is 6.92 Å². The van der Waals surface area contributed by atoms with Gasteiger partial charge in [-0.2, -0.15) is 4.39 Å². The molecule has 26 heavy (non-hydrogen) atoms. The number of fused-ring (bicyclic) bond motifs is 1. The second kappa shape index (κ2) is 6.15. The molecule has 6 heteroatoms. The molecule has 2 aromatic heterocycles. The lowest BCUT2D eigenvalue weighted by molar-refractivity contribution is 0.476. The van der Waals surface area contributed by atoms with E-state index in [0.717, 1.165) is 27.9 Å².